The molecule has 2 N–H and O–H groups in total. The number of esters is 1. The van der Waals surface area contributed by atoms with Crippen LogP contribution in [0.25, 0.3) is 0 Å². The van der Waals surface area contributed by atoms with E-state index in [-0.39, 0.29) is 12.2 Å². The van der Waals surface area contributed by atoms with Gasteiger partial charge in [-0.05, 0) is 36.8 Å². The van der Waals surface area contributed by atoms with E-state index in [4.69, 9.17) is 14.6 Å². The van der Waals surface area contributed by atoms with E-state index in [1.54, 1.807) is 66.7 Å². The lowest BCUT2D eigenvalue weighted by Gasteiger charge is -2.19. The zero-order valence-corrected chi connectivity index (χ0v) is 16.6. The monoisotopic (exact) mass is 405 g/mol. The van der Waals surface area contributed by atoms with E-state index in [0.717, 1.165) is 0 Å². The van der Waals surface area contributed by atoms with Gasteiger partial charge in [-0.15, -0.1) is 0 Å². The Morgan fingerprint density at radius 2 is 1.60 bits per heavy atom. The third-order valence-electron chi connectivity index (χ3n) is 4.38. The predicted molar refractivity (Wildman–Crippen MR) is 113 cm³/mol. The molecule has 6 heteroatoms. The average molecular weight is 405 g/mol. The first-order valence-electron chi connectivity index (χ1n) is 9.60. The number of carbonyl (C=O) groups excluding carboxylic acids is 2. The van der Waals surface area contributed by atoms with Crippen LogP contribution in [0.1, 0.15) is 34.5 Å². The van der Waals surface area contributed by atoms with Crippen LogP contribution in [0.2, 0.25) is 0 Å². The number of aliphatic hydroxyl groups is 1. The summed E-state index contributed by atoms with van der Waals surface area (Å²) in [5, 5.41) is 12.0. The number of benzene rings is 3. The first-order chi connectivity index (χ1) is 14.6. The standard InChI is InChI=1S/C24H23NO5/c1-2-29-21-11-7-6-10-20(21)25-23(27)22(18-8-4-3-5-9-18)30-24(28)19-14-12-17(16-26)13-15-19/h3-15,22,26H,2,16H2,1H3,(H,25,27)/t22-/m1/s1. The van der Waals surface area contributed by atoms with Crippen molar-refractivity contribution in [2.45, 2.75) is 19.6 Å². The zero-order chi connectivity index (χ0) is 21.3. The average Bonchev–Trinajstić information content (AvgIpc) is 2.79. The number of amides is 1. The summed E-state index contributed by atoms with van der Waals surface area (Å²) in [6.07, 6.45) is -1.15. The third-order valence-corrected chi connectivity index (χ3v) is 4.38. The van der Waals surface area contributed by atoms with Gasteiger partial charge in [0.25, 0.3) is 5.91 Å². The van der Waals surface area contributed by atoms with Crippen molar-refractivity contribution in [1.82, 2.24) is 0 Å². The molecular formula is C24H23NO5. The van der Waals surface area contributed by atoms with Crippen LogP contribution < -0.4 is 10.1 Å². The Bertz CT molecular complexity index is 986. The fourth-order valence-electron chi connectivity index (χ4n) is 2.87. The second-order valence-corrected chi connectivity index (χ2v) is 6.47. The number of hydrogen-bond acceptors (Lipinski definition) is 5. The van der Waals surface area contributed by atoms with Crippen LogP contribution in [0.4, 0.5) is 5.69 Å². The molecule has 3 aromatic carbocycles. The van der Waals surface area contributed by atoms with Gasteiger partial charge in [0.15, 0.2) is 0 Å². The lowest BCUT2D eigenvalue weighted by Crippen LogP contribution is -2.26. The van der Waals surface area contributed by atoms with Gasteiger partial charge in [0.05, 0.1) is 24.5 Å². The zero-order valence-electron chi connectivity index (χ0n) is 16.6. The maximum Gasteiger partial charge on any atom is 0.339 e. The van der Waals surface area contributed by atoms with Crippen LogP contribution in [0.5, 0.6) is 5.75 Å². The van der Waals surface area contributed by atoms with Crippen molar-refractivity contribution >= 4 is 17.6 Å². The topological polar surface area (TPSA) is 84.9 Å². The number of aliphatic hydroxyl groups excluding tert-OH is 1. The van der Waals surface area contributed by atoms with Crippen LogP contribution in [-0.2, 0) is 16.1 Å². The van der Waals surface area contributed by atoms with Crippen molar-refractivity contribution in [3.05, 3.63) is 95.6 Å². The highest BCUT2D eigenvalue weighted by Crippen LogP contribution is 2.27. The van der Waals surface area contributed by atoms with Gasteiger partial charge in [-0.1, -0.05) is 54.6 Å². The Morgan fingerprint density at radius 1 is 0.933 bits per heavy atom. The molecule has 0 bridgehead atoms. The van der Waals surface area contributed by atoms with Gasteiger partial charge < -0.3 is 19.9 Å². The van der Waals surface area contributed by atoms with E-state index >= 15 is 0 Å². The van der Waals surface area contributed by atoms with Crippen molar-refractivity contribution in [2.75, 3.05) is 11.9 Å². The van der Waals surface area contributed by atoms with Crippen molar-refractivity contribution in [3.63, 3.8) is 0 Å². The van der Waals surface area contributed by atoms with Gasteiger partial charge in [-0.25, -0.2) is 4.79 Å². The maximum atomic E-state index is 13.1. The lowest BCUT2D eigenvalue weighted by molar-refractivity contribution is -0.125. The SMILES string of the molecule is CCOc1ccccc1NC(=O)[C@H](OC(=O)c1ccc(CO)cc1)c1ccccc1. The lowest BCUT2D eigenvalue weighted by atomic mass is 10.1. The number of hydrogen-bond donors (Lipinski definition) is 2. The van der Waals surface area contributed by atoms with Crippen LogP contribution in [-0.4, -0.2) is 23.6 Å². The minimum atomic E-state index is -1.15. The molecule has 0 saturated carbocycles. The summed E-state index contributed by atoms with van der Waals surface area (Å²) >= 11 is 0. The van der Waals surface area contributed by atoms with E-state index in [1.165, 1.54) is 0 Å². The van der Waals surface area contributed by atoms with Crippen molar-refractivity contribution in [3.8, 4) is 5.75 Å². The van der Waals surface area contributed by atoms with Gasteiger partial charge in [-0.2, -0.15) is 0 Å². The fourth-order valence-corrected chi connectivity index (χ4v) is 2.87. The van der Waals surface area contributed by atoms with Gasteiger partial charge in [0.2, 0.25) is 6.10 Å². The smallest absolute Gasteiger partial charge is 0.339 e. The molecule has 0 fully saturated rings. The summed E-state index contributed by atoms with van der Waals surface area (Å²) in [5.41, 5.74) is 2.00. The minimum Gasteiger partial charge on any atom is -0.492 e. The first-order valence-corrected chi connectivity index (χ1v) is 9.60. The molecule has 0 aliphatic heterocycles. The van der Waals surface area contributed by atoms with E-state index in [0.29, 0.717) is 29.2 Å². The van der Waals surface area contributed by atoms with E-state index in [2.05, 4.69) is 5.32 Å². The Kier molecular flexibility index (Phi) is 7.19. The molecule has 0 aromatic heterocycles. The summed E-state index contributed by atoms with van der Waals surface area (Å²) in [6.45, 7) is 2.19. The highest BCUT2D eigenvalue weighted by molar-refractivity contribution is 5.99. The largest absolute Gasteiger partial charge is 0.492 e. The highest BCUT2D eigenvalue weighted by Gasteiger charge is 2.26. The Morgan fingerprint density at radius 3 is 2.27 bits per heavy atom. The summed E-state index contributed by atoms with van der Waals surface area (Å²) in [4.78, 5) is 25.7. The summed E-state index contributed by atoms with van der Waals surface area (Å²) in [5.74, 6) is -0.596. The molecule has 154 valence electrons. The van der Waals surface area contributed by atoms with Crippen molar-refractivity contribution in [2.24, 2.45) is 0 Å². The van der Waals surface area contributed by atoms with Crippen LogP contribution in [0.3, 0.4) is 0 Å². The number of anilines is 1. The Balaban J connectivity index is 1.84. The highest BCUT2D eigenvalue weighted by atomic mass is 16.5. The number of carbonyl (C=O) groups is 2. The van der Waals surface area contributed by atoms with Crippen LogP contribution >= 0.6 is 0 Å². The summed E-state index contributed by atoms with van der Waals surface area (Å²) < 4.78 is 11.1. The molecule has 0 spiro atoms. The quantitative estimate of drug-likeness (QED) is 0.551. The molecule has 0 heterocycles. The van der Waals surface area contributed by atoms with Gasteiger partial charge in [0, 0.05) is 5.56 Å². The molecule has 1 amide bonds. The second kappa shape index (κ2) is 10.2. The molecule has 3 rings (SSSR count). The molecule has 0 radical (unpaired) electrons. The van der Waals surface area contributed by atoms with Gasteiger partial charge in [-0.3, -0.25) is 4.79 Å². The molecule has 30 heavy (non-hydrogen) atoms. The number of rotatable bonds is 8. The minimum absolute atomic E-state index is 0.121. The van der Waals surface area contributed by atoms with Gasteiger partial charge >= 0.3 is 5.97 Å². The van der Waals surface area contributed by atoms with E-state index < -0.39 is 18.0 Å². The molecule has 0 saturated heterocycles. The molecule has 0 aliphatic rings. The first kappa shape index (κ1) is 21.1. The summed E-state index contributed by atoms with van der Waals surface area (Å²) in [6, 6.07) is 22.2. The van der Waals surface area contributed by atoms with Crippen LogP contribution in [0.15, 0.2) is 78.9 Å². The van der Waals surface area contributed by atoms with Crippen molar-refractivity contribution in [1.29, 1.82) is 0 Å². The van der Waals surface area contributed by atoms with Crippen molar-refractivity contribution < 1.29 is 24.2 Å². The number of para-hydroxylation sites is 2. The maximum absolute atomic E-state index is 13.1. The van der Waals surface area contributed by atoms with E-state index in [9.17, 15) is 9.59 Å². The Labute approximate surface area is 175 Å². The molecule has 3 aromatic rings. The molecule has 6 nitrogen and oxygen atoms in total. The van der Waals surface area contributed by atoms with Crippen LogP contribution in [0, 0.1) is 0 Å². The molecule has 0 unspecified atom stereocenters. The molecule has 0 aliphatic carbocycles. The third kappa shape index (κ3) is 5.24. The number of nitrogens with one attached hydrogen (secondary N) is 1. The predicted octanol–water partition coefficient (Wildman–Crippen LogP) is 4.11. The van der Waals surface area contributed by atoms with E-state index in [1.807, 2.05) is 19.1 Å². The fraction of sp³-hybridized carbons (Fsp3) is 0.167. The second-order valence-electron chi connectivity index (χ2n) is 6.47. The summed E-state index contributed by atoms with van der Waals surface area (Å²) in [7, 11) is 0. The number of ether oxygens (including phenoxy) is 2. The Hall–Kier alpha value is -3.64. The normalized spacial score (nSPS) is 11.4. The molecule has 1 atom stereocenters. The molecular weight excluding hydrogens is 382 g/mol. The van der Waals surface area contributed by atoms with Gasteiger partial charge in [0.1, 0.15) is 5.75 Å².